The minimum absolute atomic E-state index is 0.200. The molecule has 0 fully saturated rings. The number of benzene rings is 1. The quantitative estimate of drug-likeness (QED) is 0.609. The minimum Gasteiger partial charge on any atom is -0.466 e. The van der Waals surface area contributed by atoms with Crippen LogP contribution in [0.15, 0.2) is 12.1 Å². The number of hydrogen-bond acceptors (Lipinski definition) is 3. The van der Waals surface area contributed by atoms with Gasteiger partial charge in [-0.2, -0.15) is 0 Å². The van der Waals surface area contributed by atoms with Gasteiger partial charge in [-0.1, -0.05) is 6.07 Å². The number of rotatable bonds is 3. The van der Waals surface area contributed by atoms with E-state index >= 15 is 0 Å². The van der Waals surface area contributed by atoms with Gasteiger partial charge in [-0.05, 0) is 43.5 Å². The Morgan fingerprint density at radius 1 is 1.40 bits per heavy atom. The van der Waals surface area contributed by atoms with Crippen molar-refractivity contribution >= 4 is 11.7 Å². The molecular weight excluding hydrogens is 190 g/mol. The Morgan fingerprint density at radius 3 is 2.67 bits per heavy atom. The standard InChI is InChI=1S/C12H17NO2/c1-4-15-12(14)7-10-8(2)5-6-11(13)9(10)3/h5-6H,4,7,13H2,1-3H3. The van der Waals surface area contributed by atoms with E-state index in [0.717, 1.165) is 22.4 Å². The van der Waals surface area contributed by atoms with Crippen molar-refractivity contribution in [1.29, 1.82) is 0 Å². The summed E-state index contributed by atoms with van der Waals surface area (Å²) in [6, 6.07) is 3.79. The van der Waals surface area contributed by atoms with E-state index < -0.39 is 0 Å². The summed E-state index contributed by atoms with van der Waals surface area (Å²) in [4.78, 5) is 11.4. The topological polar surface area (TPSA) is 52.3 Å². The Bertz CT molecular complexity index is 372. The molecule has 0 aliphatic rings. The third-order valence-corrected chi connectivity index (χ3v) is 2.50. The fourth-order valence-corrected chi connectivity index (χ4v) is 1.54. The Labute approximate surface area is 90.2 Å². The molecule has 1 aromatic carbocycles. The number of ether oxygens (including phenoxy) is 1. The second kappa shape index (κ2) is 4.82. The molecule has 3 nitrogen and oxygen atoms in total. The van der Waals surface area contributed by atoms with Crippen molar-refractivity contribution in [1.82, 2.24) is 0 Å². The molecule has 1 aromatic rings. The van der Waals surface area contributed by atoms with Crippen LogP contribution in [-0.2, 0) is 16.0 Å². The molecule has 0 saturated heterocycles. The summed E-state index contributed by atoms with van der Waals surface area (Å²) >= 11 is 0. The first kappa shape index (κ1) is 11.6. The molecule has 2 N–H and O–H groups in total. The SMILES string of the molecule is CCOC(=O)Cc1c(C)ccc(N)c1C. The highest BCUT2D eigenvalue weighted by Crippen LogP contribution is 2.20. The van der Waals surface area contributed by atoms with Gasteiger partial charge in [0.1, 0.15) is 0 Å². The number of anilines is 1. The van der Waals surface area contributed by atoms with Crippen molar-refractivity contribution in [2.24, 2.45) is 0 Å². The predicted molar refractivity (Wildman–Crippen MR) is 60.7 cm³/mol. The number of nitrogen functional groups attached to an aromatic ring is 1. The number of esters is 1. The van der Waals surface area contributed by atoms with Crippen LogP contribution in [0.3, 0.4) is 0 Å². The minimum atomic E-state index is -0.200. The van der Waals surface area contributed by atoms with Crippen LogP contribution in [0.4, 0.5) is 5.69 Å². The van der Waals surface area contributed by atoms with Crippen LogP contribution in [-0.4, -0.2) is 12.6 Å². The van der Waals surface area contributed by atoms with E-state index in [1.54, 1.807) is 6.92 Å². The Hall–Kier alpha value is -1.51. The van der Waals surface area contributed by atoms with E-state index in [-0.39, 0.29) is 5.97 Å². The summed E-state index contributed by atoms with van der Waals surface area (Å²) in [5, 5.41) is 0. The summed E-state index contributed by atoms with van der Waals surface area (Å²) in [7, 11) is 0. The van der Waals surface area contributed by atoms with Crippen LogP contribution >= 0.6 is 0 Å². The van der Waals surface area contributed by atoms with Crippen molar-refractivity contribution in [3.8, 4) is 0 Å². The van der Waals surface area contributed by atoms with E-state index in [1.807, 2.05) is 26.0 Å². The van der Waals surface area contributed by atoms with Crippen molar-refractivity contribution in [2.45, 2.75) is 27.2 Å². The van der Waals surface area contributed by atoms with Crippen molar-refractivity contribution < 1.29 is 9.53 Å². The number of carbonyl (C=O) groups is 1. The van der Waals surface area contributed by atoms with Crippen LogP contribution in [0.25, 0.3) is 0 Å². The maximum atomic E-state index is 11.4. The molecule has 0 saturated carbocycles. The molecule has 1 rings (SSSR count). The lowest BCUT2D eigenvalue weighted by Gasteiger charge is -2.11. The van der Waals surface area contributed by atoms with Crippen LogP contribution in [0.1, 0.15) is 23.6 Å². The normalized spacial score (nSPS) is 10.1. The average Bonchev–Trinajstić information content (AvgIpc) is 2.19. The molecular formula is C12H17NO2. The van der Waals surface area contributed by atoms with Crippen molar-refractivity contribution in [3.05, 3.63) is 28.8 Å². The van der Waals surface area contributed by atoms with Crippen molar-refractivity contribution in [3.63, 3.8) is 0 Å². The van der Waals surface area contributed by atoms with Gasteiger partial charge in [0.15, 0.2) is 0 Å². The fourth-order valence-electron chi connectivity index (χ4n) is 1.54. The van der Waals surface area contributed by atoms with E-state index in [0.29, 0.717) is 13.0 Å². The third-order valence-electron chi connectivity index (χ3n) is 2.50. The lowest BCUT2D eigenvalue weighted by atomic mass is 9.99. The largest absolute Gasteiger partial charge is 0.466 e. The first-order valence-corrected chi connectivity index (χ1v) is 5.06. The van der Waals surface area contributed by atoms with E-state index in [2.05, 4.69) is 0 Å². The molecule has 0 unspecified atom stereocenters. The third kappa shape index (κ3) is 2.72. The zero-order chi connectivity index (χ0) is 11.4. The fraction of sp³-hybridized carbons (Fsp3) is 0.417. The van der Waals surface area contributed by atoms with Gasteiger partial charge in [0.05, 0.1) is 13.0 Å². The molecule has 0 amide bonds. The molecule has 0 aromatic heterocycles. The second-order valence-corrected chi connectivity index (χ2v) is 3.56. The maximum Gasteiger partial charge on any atom is 0.310 e. The molecule has 15 heavy (non-hydrogen) atoms. The van der Waals surface area contributed by atoms with Gasteiger partial charge in [-0.15, -0.1) is 0 Å². The summed E-state index contributed by atoms with van der Waals surface area (Å²) in [5.41, 5.74) is 9.54. The molecule has 0 spiro atoms. The first-order valence-electron chi connectivity index (χ1n) is 5.06. The molecule has 82 valence electrons. The van der Waals surface area contributed by atoms with Crippen LogP contribution in [0.2, 0.25) is 0 Å². The van der Waals surface area contributed by atoms with Crippen molar-refractivity contribution in [2.75, 3.05) is 12.3 Å². The highest BCUT2D eigenvalue weighted by atomic mass is 16.5. The van der Waals surface area contributed by atoms with Gasteiger partial charge in [-0.25, -0.2) is 0 Å². The van der Waals surface area contributed by atoms with Gasteiger partial charge in [0.25, 0.3) is 0 Å². The molecule has 0 atom stereocenters. The lowest BCUT2D eigenvalue weighted by molar-refractivity contribution is -0.142. The second-order valence-electron chi connectivity index (χ2n) is 3.56. The van der Waals surface area contributed by atoms with Crippen LogP contribution in [0, 0.1) is 13.8 Å². The molecule has 0 aliphatic heterocycles. The Kier molecular flexibility index (Phi) is 3.72. The molecule has 0 radical (unpaired) electrons. The predicted octanol–water partition coefficient (Wildman–Crippen LogP) is 1.99. The first-order chi connectivity index (χ1) is 7.06. The van der Waals surface area contributed by atoms with Gasteiger partial charge in [0, 0.05) is 5.69 Å². The average molecular weight is 207 g/mol. The summed E-state index contributed by atoms with van der Waals surface area (Å²) in [6.07, 6.45) is 0.302. The molecule has 0 aliphatic carbocycles. The highest BCUT2D eigenvalue weighted by Gasteiger charge is 2.10. The summed E-state index contributed by atoms with van der Waals surface area (Å²) < 4.78 is 4.92. The van der Waals surface area contributed by atoms with Gasteiger partial charge >= 0.3 is 5.97 Å². The zero-order valence-corrected chi connectivity index (χ0v) is 9.46. The number of carbonyl (C=O) groups excluding carboxylic acids is 1. The summed E-state index contributed by atoms with van der Waals surface area (Å²) in [6.45, 7) is 6.12. The summed E-state index contributed by atoms with van der Waals surface area (Å²) in [5.74, 6) is -0.200. The van der Waals surface area contributed by atoms with Gasteiger partial charge < -0.3 is 10.5 Å². The van der Waals surface area contributed by atoms with E-state index in [9.17, 15) is 4.79 Å². The smallest absolute Gasteiger partial charge is 0.310 e. The van der Waals surface area contributed by atoms with Crippen LogP contribution in [0.5, 0.6) is 0 Å². The monoisotopic (exact) mass is 207 g/mol. The Morgan fingerprint density at radius 2 is 2.07 bits per heavy atom. The van der Waals surface area contributed by atoms with Crippen LogP contribution < -0.4 is 5.73 Å². The van der Waals surface area contributed by atoms with E-state index in [4.69, 9.17) is 10.5 Å². The van der Waals surface area contributed by atoms with Gasteiger partial charge in [-0.3, -0.25) is 4.79 Å². The van der Waals surface area contributed by atoms with Gasteiger partial charge in [0.2, 0.25) is 0 Å². The number of nitrogens with two attached hydrogens (primary N) is 1. The lowest BCUT2D eigenvalue weighted by Crippen LogP contribution is -2.10. The Balaban J connectivity index is 2.93. The molecule has 0 bridgehead atoms. The molecule has 0 heterocycles. The maximum absolute atomic E-state index is 11.4. The van der Waals surface area contributed by atoms with E-state index in [1.165, 1.54) is 0 Å². The number of aryl methyl sites for hydroxylation is 1. The highest BCUT2D eigenvalue weighted by molar-refractivity contribution is 5.74. The number of hydrogen-bond donors (Lipinski definition) is 1. The molecule has 3 heteroatoms. The zero-order valence-electron chi connectivity index (χ0n) is 9.46.